The standard InChI is InChI=1S/C28H37FN2/c1-3-20-31(21-24-12-6-4-7-13-24)23(2)18-19-28(22-30,25-14-8-5-9-15-25)26-16-10-11-17-27(26)29/h4,6-7,10-13,16-17,23,25H,3,5,8-9,14-15,18-21H2,1-2H3. The predicted octanol–water partition coefficient (Wildman–Crippen LogP) is 7.25. The molecule has 0 saturated heterocycles. The van der Waals surface area contributed by atoms with Crippen molar-refractivity contribution in [3.63, 3.8) is 0 Å². The van der Waals surface area contributed by atoms with Crippen LogP contribution in [0.2, 0.25) is 0 Å². The average molecular weight is 421 g/mol. The fourth-order valence-electron chi connectivity index (χ4n) is 5.36. The maximum atomic E-state index is 15.0. The molecule has 0 bridgehead atoms. The van der Waals surface area contributed by atoms with Crippen LogP contribution in [0.15, 0.2) is 54.6 Å². The summed E-state index contributed by atoms with van der Waals surface area (Å²) in [5.41, 5.74) is 1.20. The molecule has 3 rings (SSSR count). The lowest BCUT2D eigenvalue weighted by Gasteiger charge is -2.40. The van der Waals surface area contributed by atoms with Crippen LogP contribution in [-0.2, 0) is 12.0 Å². The topological polar surface area (TPSA) is 27.0 Å². The van der Waals surface area contributed by atoms with Crippen molar-refractivity contribution >= 4 is 0 Å². The molecule has 31 heavy (non-hydrogen) atoms. The molecule has 0 heterocycles. The Morgan fingerprint density at radius 2 is 1.74 bits per heavy atom. The highest BCUT2D eigenvalue weighted by molar-refractivity contribution is 5.35. The molecule has 2 unspecified atom stereocenters. The molecule has 0 N–H and O–H groups in total. The van der Waals surface area contributed by atoms with Crippen molar-refractivity contribution in [2.75, 3.05) is 6.54 Å². The fourth-order valence-corrected chi connectivity index (χ4v) is 5.36. The third-order valence-corrected chi connectivity index (χ3v) is 7.18. The fraction of sp³-hybridized carbons (Fsp3) is 0.536. The van der Waals surface area contributed by atoms with Gasteiger partial charge in [-0.05, 0) is 63.1 Å². The normalized spacial score (nSPS) is 17.8. The molecular weight excluding hydrogens is 383 g/mol. The van der Waals surface area contributed by atoms with Gasteiger partial charge in [0.05, 0.1) is 11.5 Å². The molecule has 0 radical (unpaired) electrons. The summed E-state index contributed by atoms with van der Waals surface area (Å²) in [6.45, 7) is 6.42. The molecule has 1 aliphatic rings. The highest BCUT2D eigenvalue weighted by Gasteiger charge is 2.43. The SMILES string of the molecule is CCCN(Cc1ccccc1)C(C)CCC(C#N)(c1ccccc1F)C1CCCCC1. The first-order valence-electron chi connectivity index (χ1n) is 12.0. The lowest BCUT2D eigenvalue weighted by Crippen LogP contribution is -2.39. The van der Waals surface area contributed by atoms with Crippen LogP contribution in [0, 0.1) is 23.1 Å². The Labute approximate surface area is 188 Å². The Morgan fingerprint density at radius 3 is 2.39 bits per heavy atom. The number of hydrogen-bond acceptors (Lipinski definition) is 2. The first-order valence-corrected chi connectivity index (χ1v) is 12.0. The van der Waals surface area contributed by atoms with Crippen molar-refractivity contribution in [2.45, 2.75) is 83.2 Å². The van der Waals surface area contributed by atoms with Crippen LogP contribution in [0.5, 0.6) is 0 Å². The van der Waals surface area contributed by atoms with E-state index in [1.807, 2.05) is 12.1 Å². The van der Waals surface area contributed by atoms with Gasteiger partial charge in [-0.3, -0.25) is 4.90 Å². The Kier molecular flexibility index (Phi) is 8.67. The van der Waals surface area contributed by atoms with Gasteiger partial charge in [0.25, 0.3) is 0 Å². The quantitative estimate of drug-likeness (QED) is 0.405. The molecule has 1 saturated carbocycles. The molecule has 1 aliphatic carbocycles. The van der Waals surface area contributed by atoms with E-state index in [1.165, 1.54) is 18.1 Å². The summed E-state index contributed by atoms with van der Waals surface area (Å²) in [5.74, 6) is 0.0149. The molecule has 0 aliphatic heterocycles. The van der Waals surface area contributed by atoms with Gasteiger partial charge in [0.2, 0.25) is 0 Å². The van der Waals surface area contributed by atoms with Crippen LogP contribution in [0.3, 0.4) is 0 Å². The maximum absolute atomic E-state index is 15.0. The molecule has 0 spiro atoms. The van der Waals surface area contributed by atoms with E-state index in [0.29, 0.717) is 18.0 Å². The van der Waals surface area contributed by atoms with Crippen LogP contribution in [-0.4, -0.2) is 17.5 Å². The maximum Gasteiger partial charge on any atom is 0.128 e. The molecule has 2 aromatic carbocycles. The van der Waals surface area contributed by atoms with E-state index >= 15 is 0 Å². The van der Waals surface area contributed by atoms with Gasteiger partial charge in [-0.25, -0.2) is 4.39 Å². The van der Waals surface area contributed by atoms with E-state index in [1.54, 1.807) is 6.07 Å². The van der Waals surface area contributed by atoms with Crippen molar-refractivity contribution in [1.29, 1.82) is 5.26 Å². The summed E-state index contributed by atoms with van der Waals surface area (Å²) >= 11 is 0. The molecule has 0 amide bonds. The van der Waals surface area contributed by atoms with Gasteiger partial charge in [-0.1, -0.05) is 74.7 Å². The summed E-state index contributed by atoms with van der Waals surface area (Å²) in [5, 5.41) is 10.5. The Bertz CT molecular complexity index is 838. The zero-order chi connectivity index (χ0) is 22.1. The van der Waals surface area contributed by atoms with Crippen molar-refractivity contribution in [3.05, 3.63) is 71.5 Å². The van der Waals surface area contributed by atoms with Crippen molar-refractivity contribution in [2.24, 2.45) is 5.92 Å². The number of halogens is 1. The molecule has 0 aromatic heterocycles. The highest BCUT2D eigenvalue weighted by Crippen LogP contribution is 2.45. The number of nitrogens with zero attached hydrogens (tertiary/aromatic N) is 2. The Balaban J connectivity index is 1.81. The zero-order valence-electron chi connectivity index (χ0n) is 19.2. The second-order valence-corrected chi connectivity index (χ2v) is 9.24. The molecule has 2 aromatic rings. The number of benzene rings is 2. The van der Waals surface area contributed by atoms with E-state index in [9.17, 15) is 9.65 Å². The molecule has 166 valence electrons. The van der Waals surface area contributed by atoms with E-state index in [2.05, 4.69) is 55.1 Å². The number of nitriles is 1. The van der Waals surface area contributed by atoms with Gasteiger partial charge < -0.3 is 0 Å². The van der Waals surface area contributed by atoms with E-state index < -0.39 is 5.41 Å². The summed E-state index contributed by atoms with van der Waals surface area (Å²) in [6, 6.07) is 20.6. The number of rotatable bonds is 10. The van der Waals surface area contributed by atoms with Crippen LogP contribution in [0.4, 0.5) is 4.39 Å². The highest BCUT2D eigenvalue weighted by atomic mass is 19.1. The smallest absolute Gasteiger partial charge is 0.128 e. The van der Waals surface area contributed by atoms with Gasteiger partial charge in [0.15, 0.2) is 0 Å². The minimum absolute atomic E-state index is 0.225. The lowest BCUT2D eigenvalue weighted by molar-refractivity contribution is 0.164. The first kappa shape index (κ1) is 23.5. The summed E-state index contributed by atoms with van der Waals surface area (Å²) < 4.78 is 15.0. The minimum Gasteiger partial charge on any atom is -0.296 e. The first-order chi connectivity index (χ1) is 15.1. The van der Waals surface area contributed by atoms with Crippen LogP contribution in [0.1, 0.15) is 76.3 Å². The Morgan fingerprint density at radius 1 is 1.06 bits per heavy atom. The van der Waals surface area contributed by atoms with E-state index in [-0.39, 0.29) is 11.7 Å². The van der Waals surface area contributed by atoms with Gasteiger partial charge in [-0.2, -0.15) is 5.26 Å². The van der Waals surface area contributed by atoms with Gasteiger partial charge in [0.1, 0.15) is 5.82 Å². The van der Waals surface area contributed by atoms with Gasteiger partial charge in [-0.15, -0.1) is 0 Å². The van der Waals surface area contributed by atoms with Crippen LogP contribution < -0.4 is 0 Å². The van der Waals surface area contributed by atoms with Gasteiger partial charge in [0, 0.05) is 18.2 Å². The van der Waals surface area contributed by atoms with Crippen molar-refractivity contribution in [3.8, 4) is 6.07 Å². The van der Waals surface area contributed by atoms with Crippen molar-refractivity contribution in [1.82, 2.24) is 4.90 Å². The van der Waals surface area contributed by atoms with E-state index in [0.717, 1.165) is 51.6 Å². The molecule has 3 heteroatoms. The average Bonchev–Trinajstić information content (AvgIpc) is 2.81. The zero-order valence-corrected chi connectivity index (χ0v) is 19.2. The van der Waals surface area contributed by atoms with Gasteiger partial charge >= 0.3 is 0 Å². The summed E-state index contributed by atoms with van der Waals surface area (Å²) in [7, 11) is 0. The second kappa shape index (κ2) is 11.4. The second-order valence-electron chi connectivity index (χ2n) is 9.24. The Hall–Kier alpha value is -2.18. The molecule has 2 nitrogen and oxygen atoms in total. The van der Waals surface area contributed by atoms with E-state index in [4.69, 9.17) is 0 Å². The molecular formula is C28H37FN2. The monoisotopic (exact) mass is 420 g/mol. The lowest BCUT2D eigenvalue weighted by atomic mass is 9.63. The van der Waals surface area contributed by atoms with Crippen LogP contribution >= 0.6 is 0 Å². The summed E-state index contributed by atoms with van der Waals surface area (Å²) in [4.78, 5) is 2.51. The minimum atomic E-state index is -0.731. The van der Waals surface area contributed by atoms with Crippen LogP contribution in [0.25, 0.3) is 0 Å². The predicted molar refractivity (Wildman–Crippen MR) is 126 cm³/mol. The molecule has 2 atom stereocenters. The summed E-state index contributed by atoms with van der Waals surface area (Å²) in [6.07, 6.45) is 8.28. The number of hydrogen-bond donors (Lipinski definition) is 0. The largest absolute Gasteiger partial charge is 0.296 e. The van der Waals surface area contributed by atoms with Crippen molar-refractivity contribution < 1.29 is 4.39 Å². The third-order valence-electron chi connectivity index (χ3n) is 7.18. The third kappa shape index (κ3) is 5.74. The molecule has 1 fully saturated rings.